The number of rotatable bonds is 7. The fourth-order valence-corrected chi connectivity index (χ4v) is 3.32. The molecule has 0 saturated heterocycles. The average Bonchev–Trinajstić information content (AvgIpc) is 2.95. The van der Waals surface area contributed by atoms with Crippen molar-refractivity contribution in [2.75, 3.05) is 12.4 Å². The van der Waals surface area contributed by atoms with Crippen LogP contribution in [0.5, 0.6) is 0 Å². The second kappa shape index (κ2) is 9.09. The van der Waals surface area contributed by atoms with Gasteiger partial charge in [0.1, 0.15) is 11.0 Å². The number of benzene rings is 2. The third-order valence-electron chi connectivity index (χ3n) is 4.78. The van der Waals surface area contributed by atoms with Crippen molar-refractivity contribution in [3.63, 3.8) is 0 Å². The Morgan fingerprint density at radius 3 is 2.62 bits per heavy atom. The van der Waals surface area contributed by atoms with E-state index in [2.05, 4.69) is 10.4 Å². The molecule has 0 unspecified atom stereocenters. The van der Waals surface area contributed by atoms with Crippen LogP contribution in [0.25, 0.3) is 0 Å². The molecule has 0 spiro atoms. The molecule has 29 heavy (non-hydrogen) atoms. The summed E-state index contributed by atoms with van der Waals surface area (Å²) in [4.78, 5) is 13.1. The highest BCUT2D eigenvalue weighted by Gasteiger charge is 2.14. The van der Waals surface area contributed by atoms with Gasteiger partial charge in [-0.2, -0.15) is 5.10 Å². The average molecular weight is 415 g/mol. The van der Waals surface area contributed by atoms with Crippen LogP contribution in [0, 0.1) is 12.7 Å². The highest BCUT2D eigenvalue weighted by molar-refractivity contribution is 6.30. The largest absolute Gasteiger partial charge is 0.381 e. The fraction of sp³-hybridized carbons (Fsp3) is 0.273. The number of hydrogen-bond acceptors (Lipinski definition) is 3. The van der Waals surface area contributed by atoms with Gasteiger partial charge in [0.25, 0.3) is 0 Å². The third-order valence-corrected chi connectivity index (χ3v) is 5.21. The summed E-state index contributed by atoms with van der Waals surface area (Å²) >= 11 is 6.55. The number of aryl methyl sites for hydroxylation is 1. The molecule has 2 aromatic carbocycles. The van der Waals surface area contributed by atoms with E-state index in [-0.39, 0.29) is 11.7 Å². The van der Waals surface area contributed by atoms with Gasteiger partial charge in [-0.05, 0) is 42.3 Å². The molecule has 0 aliphatic carbocycles. The first kappa shape index (κ1) is 20.9. The van der Waals surface area contributed by atoms with Crippen molar-refractivity contribution in [3.8, 4) is 0 Å². The number of aromatic nitrogens is 2. The van der Waals surface area contributed by atoms with Crippen LogP contribution in [-0.4, -0.2) is 27.6 Å². The van der Waals surface area contributed by atoms with Crippen LogP contribution in [0.15, 0.2) is 48.5 Å². The second-order valence-corrected chi connectivity index (χ2v) is 7.43. The molecule has 0 fully saturated rings. The Kier molecular flexibility index (Phi) is 6.54. The van der Waals surface area contributed by atoms with Gasteiger partial charge in [0, 0.05) is 38.3 Å². The molecular formula is C22H24ClFN4O. The molecule has 1 aromatic heterocycles. The highest BCUT2D eigenvalue weighted by Crippen LogP contribution is 2.23. The predicted molar refractivity (Wildman–Crippen MR) is 113 cm³/mol. The number of nitrogens with zero attached hydrogens (tertiary/aromatic N) is 3. The first-order valence-electron chi connectivity index (χ1n) is 9.34. The van der Waals surface area contributed by atoms with Crippen LogP contribution in [0.3, 0.4) is 0 Å². The summed E-state index contributed by atoms with van der Waals surface area (Å²) in [7, 11) is 1.78. The minimum absolute atomic E-state index is 0.0272. The Hall–Kier alpha value is -2.86. The van der Waals surface area contributed by atoms with Gasteiger partial charge in [-0.25, -0.2) is 9.07 Å². The third kappa shape index (κ3) is 5.35. The van der Waals surface area contributed by atoms with Gasteiger partial charge in [-0.3, -0.25) is 4.79 Å². The van der Waals surface area contributed by atoms with Crippen LogP contribution in [-0.2, 0) is 24.4 Å². The van der Waals surface area contributed by atoms with E-state index in [0.717, 1.165) is 28.1 Å². The smallest absolute Gasteiger partial charge is 0.219 e. The predicted octanol–water partition coefficient (Wildman–Crippen LogP) is 4.62. The maximum atomic E-state index is 13.1. The summed E-state index contributed by atoms with van der Waals surface area (Å²) < 4.78 is 14.8. The van der Waals surface area contributed by atoms with E-state index in [9.17, 15) is 9.18 Å². The maximum absolute atomic E-state index is 13.1. The quantitative estimate of drug-likeness (QED) is 0.613. The zero-order valence-electron chi connectivity index (χ0n) is 16.7. The number of anilines is 1. The van der Waals surface area contributed by atoms with E-state index in [4.69, 9.17) is 11.6 Å². The molecule has 5 nitrogen and oxygen atoms in total. The molecule has 1 heterocycles. The Morgan fingerprint density at radius 2 is 1.93 bits per heavy atom. The summed E-state index contributed by atoms with van der Waals surface area (Å²) in [5.41, 5.74) is 4.68. The lowest BCUT2D eigenvalue weighted by Gasteiger charge is -2.15. The second-order valence-electron chi connectivity index (χ2n) is 7.07. The minimum atomic E-state index is -0.266. The summed E-state index contributed by atoms with van der Waals surface area (Å²) in [5.74, 6) is -0.238. The molecule has 0 bridgehead atoms. The van der Waals surface area contributed by atoms with Gasteiger partial charge in [0.05, 0.1) is 12.2 Å². The number of halogens is 2. The van der Waals surface area contributed by atoms with Crippen molar-refractivity contribution in [2.45, 2.75) is 33.5 Å². The fourth-order valence-electron chi connectivity index (χ4n) is 3.01. The van der Waals surface area contributed by atoms with Gasteiger partial charge < -0.3 is 10.2 Å². The summed E-state index contributed by atoms with van der Waals surface area (Å²) in [6.45, 7) is 5.03. The van der Waals surface area contributed by atoms with Crippen LogP contribution in [0.1, 0.15) is 29.3 Å². The lowest BCUT2D eigenvalue weighted by molar-refractivity contribution is -0.128. The zero-order chi connectivity index (χ0) is 21.0. The van der Waals surface area contributed by atoms with Crippen molar-refractivity contribution < 1.29 is 9.18 Å². The summed E-state index contributed by atoms with van der Waals surface area (Å²) in [6.07, 6.45) is 0. The zero-order valence-corrected chi connectivity index (χ0v) is 17.5. The Morgan fingerprint density at radius 1 is 1.21 bits per heavy atom. The molecule has 3 aromatic rings. The van der Waals surface area contributed by atoms with Gasteiger partial charge in [-0.15, -0.1) is 0 Å². The number of carbonyl (C=O) groups excluding carboxylic acids is 1. The van der Waals surface area contributed by atoms with E-state index in [1.165, 1.54) is 12.1 Å². The van der Waals surface area contributed by atoms with Gasteiger partial charge in [0.15, 0.2) is 0 Å². The Labute approximate surface area is 175 Å². The minimum Gasteiger partial charge on any atom is -0.381 e. The van der Waals surface area contributed by atoms with Crippen molar-refractivity contribution in [3.05, 3.63) is 81.9 Å². The number of hydrogen-bond donors (Lipinski definition) is 1. The van der Waals surface area contributed by atoms with Crippen LogP contribution >= 0.6 is 11.6 Å². The molecule has 0 aliphatic rings. The Bertz CT molecular complexity index is 1000. The van der Waals surface area contributed by atoms with E-state index in [1.807, 2.05) is 31.2 Å². The van der Waals surface area contributed by atoms with Crippen LogP contribution in [0.4, 0.5) is 10.1 Å². The molecule has 7 heteroatoms. The lowest BCUT2D eigenvalue weighted by Crippen LogP contribution is -2.23. The van der Waals surface area contributed by atoms with Crippen molar-refractivity contribution >= 4 is 23.2 Å². The van der Waals surface area contributed by atoms with Crippen LogP contribution in [0.2, 0.25) is 5.15 Å². The summed E-state index contributed by atoms with van der Waals surface area (Å²) in [5, 5.41) is 8.46. The molecule has 1 N–H and O–H groups in total. The van der Waals surface area contributed by atoms with Crippen molar-refractivity contribution in [1.29, 1.82) is 0 Å². The summed E-state index contributed by atoms with van der Waals surface area (Å²) in [6, 6.07) is 14.3. The van der Waals surface area contributed by atoms with Crippen LogP contribution < -0.4 is 5.32 Å². The topological polar surface area (TPSA) is 50.2 Å². The number of nitrogens with one attached hydrogen (secondary N) is 1. The van der Waals surface area contributed by atoms with E-state index < -0.39 is 0 Å². The molecular weight excluding hydrogens is 391 g/mol. The van der Waals surface area contributed by atoms with E-state index in [0.29, 0.717) is 24.8 Å². The maximum Gasteiger partial charge on any atom is 0.219 e. The normalized spacial score (nSPS) is 10.8. The Balaban J connectivity index is 1.69. The van der Waals surface area contributed by atoms with Gasteiger partial charge in [-0.1, -0.05) is 35.9 Å². The molecule has 1 amide bonds. The van der Waals surface area contributed by atoms with Crippen molar-refractivity contribution in [1.82, 2.24) is 14.7 Å². The number of carbonyl (C=O) groups is 1. The molecule has 3 rings (SSSR count). The van der Waals surface area contributed by atoms with Gasteiger partial charge >= 0.3 is 0 Å². The van der Waals surface area contributed by atoms with E-state index in [1.54, 1.807) is 35.7 Å². The monoisotopic (exact) mass is 414 g/mol. The van der Waals surface area contributed by atoms with Crippen molar-refractivity contribution in [2.24, 2.45) is 0 Å². The molecule has 0 atom stereocenters. The molecule has 152 valence electrons. The first-order valence-corrected chi connectivity index (χ1v) is 9.72. The molecule has 0 aliphatic heterocycles. The van der Waals surface area contributed by atoms with E-state index >= 15 is 0 Å². The lowest BCUT2D eigenvalue weighted by atomic mass is 10.2. The highest BCUT2D eigenvalue weighted by atomic mass is 35.5. The molecule has 0 saturated carbocycles. The first-order chi connectivity index (χ1) is 13.8. The van der Waals surface area contributed by atoms with Gasteiger partial charge in [0.2, 0.25) is 5.91 Å². The molecule has 0 radical (unpaired) electrons. The standard InChI is InChI=1S/C22H24ClFN4O/c1-15-21(22(23)28(26-15)14-17-7-9-19(24)10-8-17)12-25-20-6-4-5-18(11-20)13-27(3)16(2)29/h4-11,25H,12-14H2,1-3H3. The number of amides is 1. The SMILES string of the molecule is CC(=O)N(C)Cc1cccc(NCc2c(C)nn(Cc3ccc(F)cc3)c2Cl)c1.